The van der Waals surface area contributed by atoms with Crippen molar-refractivity contribution in [3.05, 3.63) is 57.8 Å². The van der Waals surface area contributed by atoms with E-state index in [-0.39, 0.29) is 37.2 Å². The van der Waals surface area contributed by atoms with E-state index < -0.39 is 0 Å². The van der Waals surface area contributed by atoms with Crippen LogP contribution in [0.15, 0.2) is 41.8 Å². The van der Waals surface area contributed by atoms with E-state index in [9.17, 15) is 14.4 Å². The number of ether oxygens (including phenoxy) is 1. The molecule has 0 bridgehead atoms. The molecule has 1 aromatic heterocycles. The Labute approximate surface area is 143 Å². The molecule has 2 amide bonds. The number of hydrogen-bond acceptors (Lipinski definition) is 5. The molecule has 0 aliphatic carbocycles. The summed E-state index contributed by atoms with van der Waals surface area (Å²) in [4.78, 5) is 37.7. The second-order valence-corrected chi connectivity index (χ2v) is 6.57. The molecule has 0 saturated carbocycles. The van der Waals surface area contributed by atoms with Gasteiger partial charge in [0.15, 0.2) is 0 Å². The minimum Gasteiger partial charge on any atom is -0.462 e. The van der Waals surface area contributed by atoms with Gasteiger partial charge in [-0.15, -0.1) is 11.3 Å². The van der Waals surface area contributed by atoms with E-state index in [1.807, 2.05) is 17.5 Å². The Hall–Kier alpha value is -2.47. The predicted molar refractivity (Wildman–Crippen MR) is 89.5 cm³/mol. The van der Waals surface area contributed by atoms with Crippen molar-refractivity contribution in [2.45, 2.75) is 25.8 Å². The third-order valence-corrected chi connectivity index (χ3v) is 4.78. The molecular weight excluding hydrogens is 326 g/mol. The molecule has 0 unspecified atom stereocenters. The maximum Gasteiger partial charge on any atom is 0.338 e. The molecule has 1 fully saturated rings. The molecule has 0 radical (unpaired) electrons. The molecule has 1 aliphatic heterocycles. The zero-order chi connectivity index (χ0) is 16.9. The number of carbonyl (C=O) groups excluding carboxylic acids is 3. The summed E-state index contributed by atoms with van der Waals surface area (Å²) in [5.74, 6) is -0.652. The Morgan fingerprint density at radius 3 is 2.42 bits per heavy atom. The maximum atomic E-state index is 12.0. The van der Waals surface area contributed by atoms with Crippen LogP contribution in [-0.4, -0.2) is 29.3 Å². The fourth-order valence-electron chi connectivity index (χ4n) is 2.51. The Bertz CT molecular complexity index is 721. The van der Waals surface area contributed by atoms with E-state index >= 15 is 0 Å². The molecule has 24 heavy (non-hydrogen) atoms. The first-order valence-corrected chi connectivity index (χ1v) is 8.63. The lowest BCUT2D eigenvalue weighted by molar-refractivity contribution is -0.139. The van der Waals surface area contributed by atoms with Crippen LogP contribution >= 0.6 is 11.3 Å². The summed E-state index contributed by atoms with van der Waals surface area (Å²) >= 11 is 1.64. The van der Waals surface area contributed by atoms with Gasteiger partial charge in [0.1, 0.15) is 0 Å². The minimum absolute atomic E-state index is 0.142. The molecule has 1 aromatic carbocycles. The molecule has 2 aromatic rings. The molecule has 1 aliphatic rings. The average Bonchev–Trinajstić information content (AvgIpc) is 3.21. The fourth-order valence-corrected chi connectivity index (χ4v) is 3.20. The molecule has 2 heterocycles. The lowest BCUT2D eigenvalue weighted by atomic mass is 10.1. The maximum absolute atomic E-state index is 12.0. The summed E-state index contributed by atoms with van der Waals surface area (Å²) in [5.41, 5.74) is 1.28. The van der Waals surface area contributed by atoms with Crippen LogP contribution < -0.4 is 0 Å². The largest absolute Gasteiger partial charge is 0.462 e. The Morgan fingerprint density at radius 2 is 1.79 bits per heavy atom. The van der Waals surface area contributed by atoms with Crippen molar-refractivity contribution < 1.29 is 19.1 Å². The first-order chi connectivity index (χ1) is 11.6. The number of esters is 1. The second kappa shape index (κ2) is 7.40. The van der Waals surface area contributed by atoms with Gasteiger partial charge < -0.3 is 4.74 Å². The van der Waals surface area contributed by atoms with E-state index in [1.54, 1.807) is 35.6 Å². The van der Waals surface area contributed by atoms with E-state index in [1.165, 1.54) is 9.78 Å². The summed E-state index contributed by atoms with van der Waals surface area (Å²) in [6.45, 7) is 0.600. The van der Waals surface area contributed by atoms with Gasteiger partial charge in [-0.1, -0.05) is 18.2 Å². The molecule has 0 spiro atoms. The van der Waals surface area contributed by atoms with Gasteiger partial charge >= 0.3 is 5.97 Å². The number of nitrogens with zero attached hydrogens (tertiary/aromatic N) is 1. The first-order valence-electron chi connectivity index (χ1n) is 7.75. The van der Waals surface area contributed by atoms with Crippen molar-refractivity contribution in [2.75, 3.05) is 6.61 Å². The van der Waals surface area contributed by atoms with Crippen molar-refractivity contribution in [2.24, 2.45) is 0 Å². The molecule has 1 saturated heterocycles. The highest BCUT2D eigenvalue weighted by Crippen LogP contribution is 2.16. The number of rotatable bonds is 6. The van der Waals surface area contributed by atoms with Crippen LogP contribution in [0.1, 0.15) is 33.6 Å². The number of benzene rings is 1. The minimum atomic E-state index is -0.369. The van der Waals surface area contributed by atoms with Crippen molar-refractivity contribution in [3.63, 3.8) is 0 Å². The van der Waals surface area contributed by atoms with Crippen LogP contribution in [0.2, 0.25) is 0 Å². The quantitative estimate of drug-likeness (QED) is 0.598. The van der Waals surface area contributed by atoms with Crippen LogP contribution in [0, 0.1) is 0 Å². The van der Waals surface area contributed by atoms with Gasteiger partial charge in [-0.25, -0.2) is 4.79 Å². The summed E-state index contributed by atoms with van der Waals surface area (Å²) in [6.07, 6.45) is 1.28. The Kier molecular flexibility index (Phi) is 5.05. The number of imide groups is 1. The lowest BCUT2D eigenvalue weighted by Crippen LogP contribution is -2.28. The summed E-state index contributed by atoms with van der Waals surface area (Å²) in [7, 11) is 0. The molecular formula is C18H17NO4S. The number of hydrogen-bond donors (Lipinski definition) is 0. The van der Waals surface area contributed by atoms with Gasteiger partial charge in [0.25, 0.3) is 0 Å². The average molecular weight is 343 g/mol. The molecule has 5 nitrogen and oxygen atoms in total. The van der Waals surface area contributed by atoms with Crippen LogP contribution in [0.25, 0.3) is 0 Å². The molecule has 124 valence electrons. The second-order valence-electron chi connectivity index (χ2n) is 5.54. The predicted octanol–water partition coefficient (Wildman–Crippen LogP) is 2.80. The summed E-state index contributed by atoms with van der Waals surface area (Å²) < 4.78 is 5.26. The zero-order valence-electron chi connectivity index (χ0n) is 13.1. The van der Waals surface area contributed by atoms with Crippen LogP contribution in [0.4, 0.5) is 0 Å². The van der Waals surface area contributed by atoms with Gasteiger partial charge in [0, 0.05) is 24.1 Å². The van der Waals surface area contributed by atoms with Gasteiger partial charge in [0.05, 0.1) is 18.7 Å². The van der Waals surface area contributed by atoms with Crippen molar-refractivity contribution in [1.82, 2.24) is 4.90 Å². The summed E-state index contributed by atoms with van der Waals surface area (Å²) in [5, 5.41) is 1.99. The molecule has 0 N–H and O–H groups in total. The number of carbonyl (C=O) groups is 3. The number of thiophene rings is 1. The standard InChI is InChI=1S/C18H17NO4S/c20-16-7-8-17(21)19(16)12-13-3-5-14(6-4-13)18(22)23-10-9-15-2-1-11-24-15/h1-6,11H,7-10,12H2. The molecule has 0 atom stereocenters. The highest BCUT2D eigenvalue weighted by Gasteiger charge is 2.28. The van der Waals surface area contributed by atoms with Crippen LogP contribution in [0.5, 0.6) is 0 Å². The third-order valence-electron chi connectivity index (χ3n) is 3.85. The van der Waals surface area contributed by atoms with Crippen LogP contribution in [-0.2, 0) is 27.3 Å². The van der Waals surface area contributed by atoms with Crippen molar-refractivity contribution in [3.8, 4) is 0 Å². The third kappa shape index (κ3) is 3.89. The van der Waals surface area contributed by atoms with Gasteiger partial charge in [-0.05, 0) is 29.1 Å². The molecule has 6 heteroatoms. The van der Waals surface area contributed by atoms with E-state index in [0.717, 1.165) is 5.56 Å². The van der Waals surface area contributed by atoms with Crippen LogP contribution in [0.3, 0.4) is 0 Å². The summed E-state index contributed by atoms with van der Waals surface area (Å²) in [6, 6.07) is 10.8. The van der Waals surface area contributed by atoms with Crippen molar-refractivity contribution >= 4 is 29.1 Å². The molecule has 3 rings (SSSR count). The Morgan fingerprint density at radius 1 is 1.08 bits per heavy atom. The van der Waals surface area contributed by atoms with Crippen molar-refractivity contribution in [1.29, 1.82) is 0 Å². The smallest absolute Gasteiger partial charge is 0.338 e. The fraction of sp³-hybridized carbons (Fsp3) is 0.278. The van der Waals surface area contributed by atoms with E-state index in [0.29, 0.717) is 18.6 Å². The first kappa shape index (κ1) is 16.4. The van der Waals surface area contributed by atoms with Gasteiger partial charge in [-0.3, -0.25) is 14.5 Å². The van der Waals surface area contributed by atoms with Gasteiger partial charge in [0.2, 0.25) is 11.8 Å². The highest BCUT2D eigenvalue weighted by molar-refractivity contribution is 7.09. The number of likely N-dealkylation sites (tertiary alicyclic amines) is 1. The topological polar surface area (TPSA) is 63.7 Å². The zero-order valence-corrected chi connectivity index (χ0v) is 13.9. The van der Waals surface area contributed by atoms with E-state index in [2.05, 4.69) is 0 Å². The monoisotopic (exact) mass is 343 g/mol. The van der Waals surface area contributed by atoms with E-state index in [4.69, 9.17) is 4.74 Å². The Balaban J connectivity index is 1.52. The van der Waals surface area contributed by atoms with Gasteiger partial charge in [-0.2, -0.15) is 0 Å². The highest BCUT2D eigenvalue weighted by atomic mass is 32.1. The number of amides is 2. The SMILES string of the molecule is O=C(OCCc1cccs1)c1ccc(CN2C(=O)CCC2=O)cc1. The normalized spacial score (nSPS) is 14.2. The lowest BCUT2D eigenvalue weighted by Gasteiger charge is -2.13.